The van der Waals surface area contributed by atoms with Crippen LogP contribution in [-0.4, -0.2) is 21.2 Å². The molecule has 1 rings (SSSR count). The first-order chi connectivity index (χ1) is 6.94. The van der Waals surface area contributed by atoms with Crippen LogP contribution in [-0.2, 0) is 10.0 Å². The van der Waals surface area contributed by atoms with Crippen LogP contribution in [0, 0.1) is 0 Å². The summed E-state index contributed by atoms with van der Waals surface area (Å²) in [5.74, 6) is 0. The second kappa shape index (κ2) is 4.94. The lowest BCUT2D eigenvalue weighted by Gasteiger charge is -2.16. The van der Waals surface area contributed by atoms with E-state index in [1.807, 2.05) is 0 Å². The molecule has 0 saturated heterocycles. The molecule has 1 aromatic carbocycles. The fourth-order valence-electron chi connectivity index (χ4n) is 1.25. The summed E-state index contributed by atoms with van der Waals surface area (Å²) in [6.07, 6.45) is 1.09. The van der Waals surface area contributed by atoms with Crippen molar-refractivity contribution in [3.05, 3.63) is 34.9 Å². The van der Waals surface area contributed by atoms with Crippen molar-refractivity contribution in [2.45, 2.75) is 6.04 Å². The monoisotopic (exact) mass is 248 g/mol. The fraction of sp³-hybridized carbons (Fsp3) is 0.333. The lowest BCUT2D eigenvalue weighted by atomic mass is 10.1. The summed E-state index contributed by atoms with van der Waals surface area (Å²) in [6, 6.07) is 6.53. The maximum absolute atomic E-state index is 11.1. The van der Waals surface area contributed by atoms with Crippen LogP contribution in [0.25, 0.3) is 0 Å². The van der Waals surface area contributed by atoms with Crippen molar-refractivity contribution in [1.82, 2.24) is 4.72 Å². The highest BCUT2D eigenvalue weighted by molar-refractivity contribution is 7.88. The third-order valence-corrected chi connectivity index (χ3v) is 2.93. The molecule has 0 amide bonds. The van der Waals surface area contributed by atoms with E-state index in [1.165, 1.54) is 0 Å². The normalized spacial score (nSPS) is 13.8. The molecule has 0 fully saturated rings. The molecule has 0 aliphatic carbocycles. The molecule has 0 bridgehead atoms. The highest BCUT2D eigenvalue weighted by Crippen LogP contribution is 2.22. The van der Waals surface area contributed by atoms with E-state index in [-0.39, 0.29) is 6.54 Å². The van der Waals surface area contributed by atoms with Gasteiger partial charge in [-0.2, -0.15) is 0 Å². The van der Waals surface area contributed by atoms with Gasteiger partial charge in [-0.15, -0.1) is 0 Å². The predicted octanol–water partition coefficient (Wildman–Crippen LogP) is 0.889. The second-order valence-electron chi connectivity index (χ2n) is 3.20. The number of rotatable bonds is 4. The summed E-state index contributed by atoms with van der Waals surface area (Å²) in [7, 11) is -3.29. The molecule has 0 spiro atoms. The van der Waals surface area contributed by atoms with Crippen LogP contribution in [0.15, 0.2) is 24.3 Å². The highest BCUT2D eigenvalue weighted by atomic mass is 35.5. The summed E-state index contributed by atoms with van der Waals surface area (Å²) >= 11 is 5.94. The van der Waals surface area contributed by atoms with Gasteiger partial charge in [-0.1, -0.05) is 29.8 Å². The average Bonchev–Trinajstić information content (AvgIpc) is 2.14. The van der Waals surface area contributed by atoms with Crippen LogP contribution >= 0.6 is 11.6 Å². The lowest BCUT2D eigenvalue weighted by molar-refractivity contribution is 0.564. The van der Waals surface area contributed by atoms with Crippen molar-refractivity contribution in [3.8, 4) is 0 Å². The second-order valence-corrected chi connectivity index (χ2v) is 5.39. The van der Waals surface area contributed by atoms with E-state index in [4.69, 9.17) is 17.3 Å². The maximum atomic E-state index is 11.1. The molecule has 3 N–H and O–H groups in total. The standard InChI is InChI=1S/C9H13ClN2O2S/c1-15(13,14)12-9(6-11)7-4-2-3-5-8(7)10/h2-5,9,12H,6,11H2,1H3/t9-/m1/s1. The van der Waals surface area contributed by atoms with Gasteiger partial charge in [0.1, 0.15) is 0 Å². The minimum Gasteiger partial charge on any atom is -0.329 e. The van der Waals surface area contributed by atoms with Gasteiger partial charge in [0.25, 0.3) is 0 Å². The van der Waals surface area contributed by atoms with Gasteiger partial charge in [0, 0.05) is 11.6 Å². The van der Waals surface area contributed by atoms with Crippen molar-refractivity contribution in [2.75, 3.05) is 12.8 Å². The molecule has 0 unspecified atom stereocenters. The zero-order valence-electron chi connectivity index (χ0n) is 8.27. The molecule has 1 atom stereocenters. The Morgan fingerprint density at radius 2 is 2.07 bits per heavy atom. The summed E-state index contributed by atoms with van der Waals surface area (Å²) in [5, 5.41) is 0.504. The highest BCUT2D eigenvalue weighted by Gasteiger charge is 2.16. The van der Waals surface area contributed by atoms with Gasteiger partial charge in [-0.3, -0.25) is 0 Å². The Kier molecular flexibility index (Phi) is 4.10. The molecule has 0 saturated carbocycles. The Morgan fingerprint density at radius 1 is 1.47 bits per heavy atom. The van der Waals surface area contributed by atoms with E-state index in [0.29, 0.717) is 10.6 Å². The number of benzene rings is 1. The summed E-state index contributed by atoms with van der Waals surface area (Å²) in [4.78, 5) is 0. The van der Waals surface area contributed by atoms with E-state index < -0.39 is 16.1 Å². The van der Waals surface area contributed by atoms with E-state index in [9.17, 15) is 8.42 Å². The maximum Gasteiger partial charge on any atom is 0.209 e. The Balaban J connectivity index is 2.98. The molecule has 0 aromatic heterocycles. The number of hydrogen-bond donors (Lipinski definition) is 2. The van der Waals surface area contributed by atoms with Crippen molar-refractivity contribution in [3.63, 3.8) is 0 Å². The Morgan fingerprint density at radius 3 is 2.53 bits per heavy atom. The minimum absolute atomic E-state index is 0.163. The molecule has 0 radical (unpaired) electrons. The van der Waals surface area contributed by atoms with E-state index in [0.717, 1.165) is 6.26 Å². The number of nitrogens with two attached hydrogens (primary N) is 1. The van der Waals surface area contributed by atoms with E-state index in [2.05, 4.69) is 4.72 Å². The Hall–Kier alpha value is -0.620. The minimum atomic E-state index is -3.29. The smallest absolute Gasteiger partial charge is 0.209 e. The van der Waals surface area contributed by atoms with Crippen LogP contribution < -0.4 is 10.5 Å². The van der Waals surface area contributed by atoms with Gasteiger partial charge in [0.2, 0.25) is 10.0 Å². The number of halogens is 1. The molecule has 0 aliphatic rings. The van der Waals surface area contributed by atoms with Crippen molar-refractivity contribution < 1.29 is 8.42 Å². The number of nitrogens with one attached hydrogen (secondary N) is 1. The molecule has 4 nitrogen and oxygen atoms in total. The van der Waals surface area contributed by atoms with Crippen LogP contribution in [0.4, 0.5) is 0 Å². The Bertz CT molecular complexity index is 433. The fourth-order valence-corrected chi connectivity index (χ4v) is 2.26. The first-order valence-corrected chi connectivity index (χ1v) is 6.63. The van der Waals surface area contributed by atoms with Gasteiger partial charge in [-0.05, 0) is 11.6 Å². The molecule has 15 heavy (non-hydrogen) atoms. The zero-order valence-corrected chi connectivity index (χ0v) is 9.85. The topological polar surface area (TPSA) is 72.2 Å². The van der Waals surface area contributed by atoms with E-state index in [1.54, 1.807) is 24.3 Å². The van der Waals surface area contributed by atoms with Gasteiger partial charge in [-0.25, -0.2) is 13.1 Å². The van der Waals surface area contributed by atoms with Crippen LogP contribution in [0.3, 0.4) is 0 Å². The predicted molar refractivity (Wildman–Crippen MR) is 61.2 cm³/mol. The van der Waals surface area contributed by atoms with Crippen molar-refractivity contribution in [1.29, 1.82) is 0 Å². The van der Waals surface area contributed by atoms with Gasteiger partial charge in [0.05, 0.1) is 12.3 Å². The zero-order chi connectivity index (χ0) is 11.5. The quantitative estimate of drug-likeness (QED) is 0.831. The third-order valence-electron chi connectivity index (χ3n) is 1.87. The summed E-state index contributed by atoms with van der Waals surface area (Å²) < 4.78 is 24.6. The Labute approximate surface area is 94.5 Å². The van der Waals surface area contributed by atoms with E-state index >= 15 is 0 Å². The molecule has 0 aliphatic heterocycles. The first-order valence-electron chi connectivity index (χ1n) is 4.36. The van der Waals surface area contributed by atoms with Crippen molar-refractivity contribution in [2.24, 2.45) is 5.73 Å². The van der Waals surface area contributed by atoms with Gasteiger partial charge >= 0.3 is 0 Å². The third kappa shape index (κ3) is 3.79. The summed E-state index contributed by atoms with van der Waals surface area (Å²) in [5.41, 5.74) is 6.18. The molecule has 84 valence electrons. The molecular weight excluding hydrogens is 236 g/mol. The molecule has 0 heterocycles. The summed E-state index contributed by atoms with van der Waals surface area (Å²) in [6.45, 7) is 0.163. The molecule has 1 aromatic rings. The van der Waals surface area contributed by atoms with Gasteiger partial charge < -0.3 is 5.73 Å². The molecule has 6 heteroatoms. The van der Waals surface area contributed by atoms with Crippen molar-refractivity contribution >= 4 is 21.6 Å². The van der Waals surface area contributed by atoms with Crippen LogP contribution in [0.2, 0.25) is 5.02 Å². The van der Waals surface area contributed by atoms with Crippen LogP contribution in [0.5, 0.6) is 0 Å². The average molecular weight is 249 g/mol. The number of hydrogen-bond acceptors (Lipinski definition) is 3. The SMILES string of the molecule is CS(=O)(=O)N[C@H](CN)c1ccccc1Cl. The largest absolute Gasteiger partial charge is 0.329 e. The van der Waals surface area contributed by atoms with Gasteiger partial charge in [0.15, 0.2) is 0 Å². The first kappa shape index (κ1) is 12.4. The van der Waals surface area contributed by atoms with Crippen LogP contribution in [0.1, 0.15) is 11.6 Å². The molecular formula is C9H13ClN2O2S. The number of sulfonamides is 1. The lowest BCUT2D eigenvalue weighted by Crippen LogP contribution is -2.32.